The highest BCUT2D eigenvalue weighted by Crippen LogP contribution is 2.38. The van der Waals surface area contributed by atoms with Crippen LogP contribution in [0.2, 0.25) is 0 Å². The van der Waals surface area contributed by atoms with E-state index in [-0.39, 0.29) is 0 Å². The number of halogens is 1. The molecule has 118 valence electrons. The Balaban J connectivity index is 2.02. The van der Waals surface area contributed by atoms with E-state index in [1.807, 2.05) is 6.92 Å². The summed E-state index contributed by atoms with van der Waals surface area (Å²) in [5.41, 5.74) is 1.70. The summed E-state index contributed by atoms with van der Waals surface area (Å²) in [5.74, 6) is 1.57. The topological polar surface area (TPSA) is 30.5 Å². The Morgan fingerprint density at radius 2 is 2.14 bits per heavy atom. The number of hydrogen-bond acceptors (Lipinski definition) is 3. The molecule has 1 aliphatic rings. The molecule has 0 saturated heterocycles. The summed E-state index contributed by atoms with van der Waals surface area (Å²) >= 11 is 3.58. The molecule has 0 aromatic heterocycles. The van der Waals surface area contributed by atoms with Crippen molar-refractivity contribution in [2.45, 2.75) is 52.6 Å². The molecular formula is C17H26BrNO2. The van der Waals surface area contributed by atoms with E-state index in [0.717, 1.165) is 22.5 Å². The van der Waals surface area contributed by atoms with Gasteiger partial charge in [-0.3, -0.25) is 0 Å². The average Bonchev–Trinajstić information content (AvgIpc) is 2.78. The Hall–Kier alpha value is -0.740. The fourth-order valence-corrected chi connectivity index (χ4v) is 3.64. The third-order valence-corrected chi connectivity index (χ3v) is 4.73. The molecule has 1 aromatic carbocycles. The van der Waals surface area contributed by atoms with Gasteiger partial charge in [0.15, 0.2) is 11.5 Å². The summed E-state index contributed by atoms with van der Waals surface area (Å²) in [7, 11) is 1.68. The second-order valence-electron chi connectivity index (χ2n) is 6.53. The monoisotopic (exact) mass is 355 g/mol. The third-order valence-electron chi connectivity index (χ3n) is 4.14. The van der Waals surface area contributed by atoms with Crippen LogP contribution in [0.4, 0.5) is 0 Å². The molecule has 21 heavy (non-hydrogen) atoms. The lowest BCUT2D eigenvalue weighted by Crippen LogP contribution is -2.26. The summed E-state index contributed by atoms with van der Waals surface area (Å²) in [6, 6.07) is 4.79. The maximum atomic E-state index is 5.63. The van der Waals surface area contributed by atoms with Gasteiger partial charge in [0, 0.05) is 12.6 Å². The summed E-state index contributed by atoms with van der Waals surface area (Å²) in [5, 5.41) is 3.67. The first kappa shape index (κ1) is 16.6. The molecule has 1 fully saturated rings. The Morgan fingerprint density at radius 1 is 1.38 bits per heavy atom. The van der Waals surface area contributed by atoms with Crippen LogP contribution in [-0.2, 0) is 6.54 Å². The Bertz CT molecular complexity index is 488. The minimum absolute atomic E-state index is 0.481. The fourth-order valence-electron chi connectivity index (χ4n) is 3.03. The van der Waals surface area contributed by atoms with Gasteiger partial charge in [0.2, 0.25) is 0 Å². The fraction of sp³-hybridized carbons (Fsp3) is 0.647. The summed E-state index contributed by atoms with van der Waals surface area (Å²) in [6.07, 6.45) is 3.83. The van der Waals surface area contributed by atoms with Crippen LogP contribution in [0.3, 0.4) is 0 Å². The Kier molecular flexibility index (Phi) is 5.55. The molecule has 0 radical (unpaired) electrons. The van der Waals surface area contributed by atoms with Gasteiger partial charge in [-0.25, -0.2) is 0 Å². The number of nitrogens with one attached hydrogen (secondary N) is 1. The van der Waals surface area contributed by atoms with Crippen molar-refractivity contribution < 1.29 is 9.47 Å². The summed E-state index contributed by atoms with van der Waals surface area (Å²) < 4.78 is 12.0. The minimum atomic E-state index is 0.481. The van der Waals surface area contributed by atoms with Crippen molar-refractivity contribution in [1.29, 1.82) is 0 Å². The first-order valence-corrected chi connectivity index (χ1v) is 8.47. The predicted octanol–water partition coefficient (Wildman–Crippen LogP) is 4.52. The molecular weight excluding hydrogens is 330 g/mol. The van der Waals surface area contributed by atoms with Crippen LogP contribution in [0.15, 0.2) is 16.6 Å². The molecule has 1 aromatic rings. The number of benzene rings is 1. The van der Waals surface area contributed by atoms with Crippen molar-refractivity contribution in [3.8, 4) is 11.5 Å². The SMILES string of the molecule is CCOc1c(Br)cc(CNC2CCC(C)(C)C2)cc1OC. The van der Waals surface area contributed by atoms with Crippen molar-refractivity contribution in [3.63, 3.8) is 0 Å². The van der Waals surface area contributed by atoms with Gasteiger partial charge in [0.25, 0.3) is 0 Å². The standard InChI is InChI=1S/C17H26BrNO2/c1-5-21-16-14(18)8-12(9-15(16)20-4)11-19-13-6-7-17(2,3)10-13/h8-9,13,19H,5-7,10-11H2,1-4H3. The largest absolute Gasteiger partial charge is 0.493 e. The first-order valence-electron chi connectivity index (χ1n) is 7.68. The van der Waals surface area contributed by atoms with E-state index in [1.54, 1.807) is 7.11 Å². The van der Waals surface area contributed by atoms with Gasteiger partial charge in [-0.05, 0) is 65.2 Å². The summed E-state index contributed by atoms with van der Waals surface area (Å²) in [6.45, 7) is 8.17. The number of methoxy groups -OCH3 is 1. The van der Waals surface area contributed by atoms with E-state index in [0.29, 0.717) is 18.1 Å². The second kappa shape index (κ2) is 7.01. The summed E-state index contributed by atoms with van der Waals surface area (Å²) in [4.78, 5) is 0. The van der Waals surface area contributed by atoms with Crippen molar-refractivity contribution in [1.82, 2.24) is 5.32 Å². The lowest BCUT2D eigenvalue weighted by molar-refractivity contribution is 0.308. The average molecular weight is 356 g/mol. The van der Waals surface area contributed by atoms with Crippen LogP contribution < -0.4 is 14.8 Å². The highest BCUT2D eigenvalue weighted by Gasteiger charge is 2.30. The highest BCUT2D eigenvalue weighted by atomic mass is 79.9. The maximum absolute atomic E-state index is 5.63. The zero-order valence-electron chi connectivity index (χ0n) is 13.5. The molecule has 1 atom stereocenters. The van der Waals surface area contributed by atoms with Crippen molar-refractivity contribution in [3.05, 3.63) is 22.2 Å². The maximum Gasteiger partial charge on any atom is 0.175 e. The normalized spacial score (nSPS) is 20.5. The van der Waals surface area contributed by atoms with E-state index in [4.69, 9.17) is 9.47 Å². The van der Waals surface area contributed by atoms with Gasteiger partial charge >= 0.3 is 0 Å². The van der Waals surface area contributed by atoms with Crippen molar-refractivity contribution in [2.24, 2.45) is 5.41 Å². The first-order chi connectivity index (χ1) is 9.95. The van der Waals surface area contributed by atoms with Gasteiger partial charge in [-0.15, -0.1) is 0 Å². The second-order valence-corrected chi connectivity index (χ2v) is 7.38. The molecule has 1 aliphatic carbocycles. The van der Waals surface area contributed by atoms with Gasteiger partial charge in [0.1, 0.15) is 0 Å². The predicted molar refractivity (Wildman–Crippen MR) is 90.1 cm³/mol. The molecule has 0 spiro atoms. The number of hydrogen-bond donors (Lipinski definition) is 1. The molecule has 1 unspecified atom stereocenters. The van der Waals surface area contributed by atoms with Crippen LogP contribution in [0.1, 0.15) is 45.6 Å². The van der Waals surface area contributed by atoms with Crippen LogP contribution in [0.25, 0.3) is 0 Å². The third kappa shape index (κ3) is 4.36. The molecule has 1 N–H and O–H groups in total. The smallest absolute Gasteiger partial charge is 0.175 e. The van der Waals surface area contributed by atoms with Gasteiger partial charge < -0.3 is 14.8 Å². The van der Waals surface area contributed by atoms with Crippen LogP contribution in [0, 0.1) is 5.41 Å². The molecule has 0 heterocycles. The van der Waals surface area contributed by atoms with E-state index in [9.17, 15) is 0 Å². The van der Waals surface area contributed by atoms with Crippen molar-refractivity contribution >= 4 is 15.9 Å². The van der Waals surface area contributed by atoms with Crippen LogP contribution >= 0.6 is 15.9 Å². The molecule has 0 amide bonds. The van der Waals surface area contributed by atoms with Crippen LogP contribution in [0.5, 0.6) is 11.5 Å². The molecule has 0 bridgehead atoms. The lowest BCUT2D eigenvalue weighted by Gasteiger charge is -2.18. The Labute approximate surface area is 136 Å². The number of rotatable bonds is 6. The highest BCUT2D eigenvalue weighted by molar-refractivity contribution is 9.10. The lowest BCUT2D eigenvalue weighted by atomic mass is 9.92. The zero-order valence-corrected chi connectivity index (χ0v) is 15.0. The van der Waals surface area contributed by atoms with E-state index < -0.39 is 0 Å². The Morgan fingerprint density at radius 3 is 2.71 bits per heavy atom. The molecule has 2 rings (SSSR count). The molecule has 3 nitrogen and oxygen atoms in total. The zero-order chi connectivity index (χ0) is 15.5. The van der Waals surface area contributed by atoms with Gasteiger partial charge in [-0.1, -0.05) is 13.8 Å². The molecule has 1 saturated carbocycles. The van der Waals surface area contributed by atoms with E-state index in [2.05, 4.69) is 47.2 Å². The van der Waals surface area contributed by atoms with E-state index in [1.165, 1.54) is 24.8 Å². The van der Waals surface area contributed by atoms with Gasteiger partial charge in [0.05, 0.1) is 18.2 Å². The quantitative estimate of drug-likeness (QED) is 0.813. The van der Waals surface area contributed by atoms with Crippen LogP contribution in [-0.4, -0.2) is 19.8 Å². The molecule has 4 heteroatoms. The van der Waals surface area contributed by atoms with E-state index >= 15 is 0 Å². The minimum Gasteiger partial charge on any atom is -0.493 e. The molecule has 0 aliphatic heterocycles. The number of ether oxygens (including phenoxy) is 2. The van der Waals surface area contributed by atoms with Crippen molar-refractivity contribution in [2.75, 3.05) is 13.7 Å². The van der Waals surface area contributed by atoms with Gasteiger partial charge in [-0.2, -0.15) is 0 Å².